The smallest absolute Gasteiger partial charge is 0.338 e. The number of aliphatic hydroxyl groups excluding tert-OH is 11. The molecule has 76 heavy (non-hydrogen) atoms. The van der Waals surface area contributed by atoms with Crippen molar-refractivity contribution < 1.29 is 133 Å². The van der Waals surface area contributed by atoms with Crippen molar-refractivity contribution in [3.05, 3.63) is 102 Å². The van der Waals surface area contributed by atoms with E-state index in [2.05, 4.69) is 0 Å². The first kappa shape index (κ1) is 57.9. The molecule has 0 radical (unpaired) electrons. The van der Waals surface area contributed by atoms with Gasteiger partial charge < -0.3 is 119 Å². The van der Waals surface area contributed by atoms with Gasteiger partial charge in [0.05, 0.1) is 32.0 Å². The zero-order valence-corrected chi connectivity index (χ0v) is 39.7. The first-order valence-electron chi connectivity index (χ1n) is 23.4. The van der Waals surface area contributed by atoms with Crippen molar-refractivity contribution in [2.45, 2.75) is 116 Å². The summed E-state index contributed by atoms with van der Waals surface area (Å²) >= 11 is 0. The third-order valence-electron chi connectivity index (χ3n) is 12.6. The van der Waals surface area contributed by atoms with Crippen LogP contribution in [0, 0.1) is 0 Å². The highest BCUT2D eigenvalue weighted by Crippen LogP contribution is 2.42. The molecule has 4 aliphatic rings. The molecule has 4 saturated heterocycles. The number of carbonyl (C=O) groups excluding carboxylic acids is 3. The molecule has 3 aromatic rings. The van der Waals surface area contributed by atoms with Crippen LogP contribution in [0.25, 0.3) is 12.2 Å². The molecule has 0 bridgehead atoms. The Hall–Kier alpha value is -5.77. The summed E-state index contributed by atoms with van der Waals surface area (Å²) in [6.07, 6.45) is -33.1. The number of aliphatic hydroxyl groups is 11. The van der Waals surface area contributed by atoms with Gasteiger partial charge in [0.25, 0.3) is 0 Å². The number of benzene rings is 3. The summed E-state index contributed by atoms with van der Waals surface area (Å²) < 4.78 is 59.6. The molecule has 27 nitrogen and oxygen atoms in total. The highest BCUT2D eigenvalue weighted by atomic mass is 16.8. The van der Waals surface area contributed by atoms with Gasteiger partial charge in [0, 0.05) is 12.2 Å². The van der Waals surface area contributed by atoms with Gasteiger partial charge in [-0.05, 0) is 59.7 Å². The molecule has 19 atom stereocenters. The minimum absolute atomic E-state index is 0.102. The maximum Gasteiger partial charge on any atom is 0.338 e. The predicted octanol–water partition coefficient (Wildman–Crippen LogP) is -4.24. The Morgan fingerprint density at radius 1 is 0.526 bits per heavy atom. The Bertz CT molecular complexity index is 2460. The van der Waals surface area contributed by atoms with Crippen molar-refractivity contribution in [1.82, 2.24) is 0 Å². The van der Waals surface area contributed by atoms with E-state index in [1.54, 1.807) is 6.07 Å². The second-order valence-electron chi connectivity index (χ2n) is 17.8. The Morgan fingerprint density at radius 3 is 1.64 bits per heavy atom. The zero-order chi connectivity index (χ0) is 55.0. The average molecular weight is 1080 g/mol. The van der Waals surface area contributed by atoms with E-state index in [0.29, 0.717) is 5.56 Å². The summed E-state index contributed by atoms with van der Waals surface area (Å²) in [5.74, 6) is -7.59. The summed E-state index contributed by atoms with van der Waals surface area (Å²) in [7, 11) is 0. The Kier molecular flexibility index (Phi) is 19.5. The standard InChI is InChI=1S/C49H58O27/c50-17-28-34(59)37(62)39(64)46(68-28)72-42-41(71-33(58)15-9-22-6-11-25(54)12-7-22)31(20-53)70-48(43(42)73-47-40(65)38(63)35(60)29(18-51)69-47)76-49(21-67-32(57)14-10-23-8-13-26(55)27(56)16-23)44(36(61)30(19-52)75-49)74-45(66)24-4-2-1-3-5-24/h1-16,28-31,34-44,46-48,50-56,59-65H,17-21H2/b14-10+,15-9+/t28-,29-,30-,31-,34-,35-,36-,37+,38+,39-,40-,41-,42+,43-,44+,46+,47+,48-,49+/m1/s1. The molecule has 14 N–H and O–H groups in total. The lowest BCUT2D eigenvalue weighted by molar-refractivity contribution is -0.421. The number of esters is 3. The van der Waals surface area contributed by atoms with Crippen LogP contribution in [0.3, 0.4) is 0 Å². The largest absolute Gasteiger partial charge is 0.508 e. The first-order valence-corrected chi connectivity index (χ1v) is 23.4. The first-order chi connectivity index (χ1) is 36.3. The molecule has 3 aromatic carbocycles. The summed E-state index contributed by atoms with van der Waals surface area (Å²) in [5.41, 5.74) is 0.433. The second kappa shape index (κ2) is 25.6. The lowest BCUT2D eigenvalue weighted by atomic mass is 9.95. The molecule has 4 fully saturated rings. The molecule has 4 heterocycles. The van der Waals surface area contributed by atoms with Crippen molar-refractivity contribution in [2.75, 3.05) is 33.0 Å². The summed E-state index contributed by atoms with van der Waals surface area (Å²) in [5, 5.41) is 149. The third-order valence-corrected chi connectivity index (χ3v) is 12.6. The van der Waals surface area contributed by atoms with E-state index < -0.39 is 179 Å². The number of phenols is 3. The highest BCUT2D eigenvalue weighted by molar-refractivity contribution is 5.90. The molecular weight excluding hydrogens is 1020 g/mol. The van der Waals surface area contributed by atoms with Gasteiger partial charge in [-0.3, -0.25) is 0 Å². The van der Waals surface area contributed by atoms with Crippen LogP contribution in [0.5, 0.6) is 17.2 Å². The van der Waals surface area contributed by atoms with Gasteiger partial charge in [-0.25, -0.2) is 14.4 Å². The minimum Gasteiger partial charge on any atom is -0.508 e. The lowest BCUT2D eigenvalue weighted by Gasteiger charge is -2.50. The van der Waals surface area contributed by atoms with E-state index in [9.17, 15) is 85.9 Å². The average Bonchev–Trinajstić information content (AvgIpc) is 3.68. The van der Waals surface area contributed by atoms with Gasteiger partial charge in [-0.1, -0.05) is 36.4 Å². The molecule has 0 aliphatic carbocycles. The van der Waals surface area contributed by atoms with Crippen molar-refractivity contribution in [1.29, 1.82) is 0 Å². The fourth-order valence-corrected chi connectivity index (χ4v) is 8.53. The topological polar surface area (TPSA) is 427 Å². The summed E-state index contributed by atoms with van der Waals surface area (Å²) in [6.45, 7) is -5.42. The normalized spacial score (nSPS) is 35.8. The van der Waals surface area contributed by atoms with Crippen molar-refractivity contribution in [3.8, 4) is 17.2 Å². The minimum atomic E-state index is -2.90. The zero-order valence-electron chi connectivity index (χ0n) is 39.7. The third kappa shape index (κ3) is 13.1. The highest BCUT2D eigenvalue weighted by Gasteiger charge is 2.64. The molecule has 0 spiro atoms. The van der Waals surface area contributed by atoms with Crippen LogP contribution in [0.15, 0.2) is 84.9 Å². The van der Waals surface area contributed by atoms with Crippen LogP contribution in [-0.4, -0.2) is 239 Å². The lowest BCUT2D eigenvalue weighted by Crippen LogP contribution is -2.69. The number of aromatic hydroxyl groups is 3. The van der Waals surface area contributed by atoms with Crippen LogP contribution < -0.4 is 0 Å². The van der Waals surface area contributed by atoms with Crippen LogP contribution >= 0.6 is 0 Å². The number of hydrogen-bond acceptors (Lipinski definition) is 27. The van der Waals surface area contributed by atoms with Gasteiger partial charge in [-0.15, -0.1) is 0 Å². The number of rotatable bonds is 19. The maximum atomic E-state index is 13.8. The molecule has 0 amide bonds. The SMILES string of the molecule is O=C(/C=C/c1ccc(O)c(O)c1)OC[C@@]1(O[C@H]2O[C@H](CO)[C@@H](OC(=O)/C=C/c3ccc(O)cc3)[C@H](O[C@@H]3O[C@H](CO)[C@@H](O)[C@H](O)[C@H]3O)[C@H]2O[C@@H]2O[C@H](CO)[C@@H](O)[C@H](O)[C@H]2O)O[C@H](CO)[C@@H](O)[C@@H]1OC(=O)c1ccccc1. The Morgan fingerprint density at radius 2 is 1.07 bits per heavy atom. The van der Waals surface area contributed by atoms with Crippen LogP contribution in [0.2, 0.25) is 0 Å². The maximum absolute atomic E-state index is 13.8. The fraction of sp³-hybridized carbons (Fsp3) is 0.490. The van der Waals surface area contributed by atoms with Crippen LogP contribution in [0.4, 0.5) is 0 Å². The van der Waals surface area contributed by atoms with Gasteiger partial charge in [0.2, 0.25) is 5.79 Å². The Balaban J connectivity index is 1.35. The number of carbonyl (C=O) groups is 3. The molecule has 4 aliphatic heterocycles. The van der Waals surface area contributed by atoms with Gasteiger partial charge in [0.15, 0.2) is 42.6 Å². The number of ether oxygens (including phenoxy) is 10. The quantitative estimate of drug-likeness (QED) is 0.0234. The van der Waals surface area contributed by atoms with Gasteiger partial charge in [-0.2, -0.15) is 0 Å². The molecule has 0 aromatic heterocycles. The molecular formula is C49H58O27. The van der Waals surface area contributed by atoms with Crippen LogP contribution in [-0.2, 0) is 57.0 Å². The van der Waals surface area contributed by atoms with E-state index in [4.69, 9.17) is 47.4 Å². The van der Waals surface area contributed by atoms with Crippen molar-refractivity contribution in [3.63, 3.8) is 0 Å². The second-order valence-corrected chi connectivity index (χ2v) is 17.8. The molecule has 27 heteroatoms. The van der Waals surface area contributed by atoms with E-state index in [0.717, 1.165) is 30.4 Å². The monoisotopic (exact) mass is 1080 g/mol. The van der Waals surface area contributed by atoms with Crippen molar-refractivity contribution >= 4 is 30.1 Å². The van der Waals surface area contributed by atoms with Crippen LogP contribution in [0.1, 0.15) is 21.5 Å². The van der Waals surface area contributed by atoms with E-state index in [1.807, 2.05) is 0 Å². The van der Waals surface area contributed by atoms with Gasteiger partial charge in [0.1, 0.15) is 91.7 Å². The van der Waals surface area contributed by atoms with E-state index >= 15 is 0 Å². The summed E-state index contributed by atoms with van der Waals surface area (Å²) in [6, 6.07) is 16.2. The molecule has 0 unspecified atom stereocenters. The Labute approximate surface area is 430 Å². The molecule has 7 rings (SSSR count). The van der Waals surface area contributed by atoms with Crippen molar-refractivity contribution in [2.24, 2.45) is 0 Å². The van der Waals surface area contributed by atoms with E-state index in [-0.39, 0.29) is 16.9 Å². The van der Waals surface area contributed by atoms with E-state index in [1.165, 1.54) is 60.7 Å². The molecule has 0 saturated carbocycles. The summed E-state index contributed by atoms with van der Waals surface area (Å²) in [4.78, 5) is 41.1. The molecule has 416 valence electrons. The fourth-order valence-electron chi connectivity index (χ4n) is 8.53. The van der Waals surface area contributed by atoms with Gasteiger partial charge >= 0.3 is 17.9 Å². The number of hydrogen-bond donors (Lipinski definition) is 14. The predicted molar refractivity (Wildman–Crippen MR) is 247 cm³/mol. The number of phenolic OH excluding ortho intramolecular Hbond substituents is 3.